The highest BCUT2D eigenvalue weighted by molar-refractivity contribution is 5.68. The van der Waals surface area contributed by atoms with Crippen molar-refractivity contribution in [3.63, 3.8) is 0 Å². The summed E-state index contributed by atoms with van der Waals surface area (Å²) < 4.78 is 14.8. The maximum Gasteiger partial charge on any atom is 0.306 e. The summed E-state index contributed by atoms with van der Waals surface area (Å²) in [6.07, 6.45) is -7.17. The first kappa shape index (κ1) is 17.3. The Morgan fingerprint density at radius 3 is 2.14 bits per heavy atom. The molecule has 1 fully saturated rings. The van der Waals surface area contributed by atoms with Gasteiger partial charge in [-0.1, -0.05) is 0 Å². The van der Waals surface area contributed by atoms with E-state index in [-0.39, 0.29) is 6.61 Å². The largest absolute Gasteiger partial charge is 0.481 e. The van der Waals surface area contributed by atoms with E-state index >= 15 is 0 Å². The summed E-state index contributed by atoms with van der Waals surface area (Å²) in [5.74, 6) is -2.59. The van der Waals surface area contributed by atoms with E-state index in [1.54, 1.807) is 0 Å². The second kappa shape index (κ2) is 7.34. The number of rotatable bonds is 5. The van der Waals surface area contributed by atoms with Gasteiger partial charge in [0.05, 0.1) is 6.42 Å². The summed E-state index contributed by atoms with van der Waals surface area (Å²) >= 11 is 0. The molecule has 1 aliphatic rings. The van der Waals surface area contributed by atoms with Crippen LogP contribution in [-0.4, -0.2) is 70.4 Å². The Labute approximate surface area is 120 Å². The Morgan fingerprint density at radius 2 is 1.67 bits per heavy atom. The molecule has 0 bridgehead atoms. The lowest BCUT2D eigenvalue weighted by Crippen LogP contribution is -2.60. The number of aliphatic carboxylic acids is 1. The number of carboxylic acid groups (broad SMARTS) is 1. The molecule has 5 atom stereocenters. The van der Waals surface area contributed by atoms with Crippen molar-refractivity contribution < 1.29 is 43.9 Å². The molecule has 1 aliphatic heterocycles. The third-order valence-corrected chi connectivity index (χ3v) is 2.91. The summed E-state index contributed by atoms with van der Waals surface area (Å²) in [7, 11) is 0. The quantitative estimate of drug-likeness (QED) is 0.514. The van der Waals surface area contributed by atoms with Crippen LogP contribution in [0.3, 0.4) is 0 Å². The molecule has 9 heteroatoms. The van der Waals surface area contributed by atoms with Gasteiger partial charge in [-0.3, -0.25) is 14.4 Å². The molecule has 0 unspecified atom stereocenters. The minimum Gasteiger partial charge on any atom is -0.481 e. The van der Waals surface area contributed by atoms with Gasteiger partial charge in [-0.15, -0.1) is 0 Å². The summed E-state index contributed by atoms with van der Waals surface area (Å²) in [6, 6.07) is 0. The van der Waals surface area contributed by atoms with Crippen LogP contribution in [-0.2, 0) is 28.6 Å². The molecule has 0 aromatic carbocycles. The Morgan fingerprint density at radius 1 is 1.05 bits per heavy atom. The summed E-state index contributed by atoms with van der Waals surface area (Å²) in [5.41, 5.74) is 0. The van der Waals surface area contributed by atoms with Gasteiger partial charge in [0, 0.05) is 13.8 Å². The van der Waals surface area contributed by atoms with Gasteiger partial charge in [-0.05, 0) is 0 Å². The molecule has 9 nitrogen and oxygen atoms in total. The lowest BCUT2D eigenvalue weighted by molar-refractivity contribution is -0.241. The van der Waals surface area contributed by atoms with E-state index in [1.165, 1.54) is 0 Å². The monoisotopic (exact) mass is 306 g/mol. The topological polar surface area (TPSA) is 140 Å². The molecule has 3 N–H and O–H groups in total. The first-order chi connectivity index (χ1) is 9.72. The molecule has 1 rings (SSSR count). The van der Waals surface area contributed by atoms with Gasteiger partial charge >= 0.3 is 17.9 Å². The number of carboxylic acids is 1. The number of aliphatic hydroxyl groups is 2. The van der Waals surface area contributed by atoms with Gasteiger partial charge < -0.3 is 29.5 Å². The van der Waals surface area contributed by atoms with Crippen molar-refractivity contribution in [1.82, 2.24) is 0 Å². The molecular formula is C12H18O9. The van der Waals surface area contributed by atoms with E-state index in [9.17, 15) is 24.6 Å². The van der Waals surface area contributed by atoms with Crippen molar-refractivity contribution in [3.05, 3.63) is 0 Å². The fourth-order valence-electron chi connectivity index (χ4n) is 2.03. The molecule has 0 aliphatic carbocycles. The van der Waals surface area contributed by atoms with Crippen molar-refractivity contribution in [2.45, 2.75) is 50.8 Å². The normalized spacial score (nSPS) is 32.3. The molecule has 0 amide bonds. The van der Waals surface area contributed by atoms with E-state index < -0.39 is 54.8 Å². The maximum absolute atomic E-state index is 11.0. The second-order valence-electron chi connectivity index (χ2n) is 4.67. The van der Waals surface area contributed by atoms with Crippen molar-refractivity contribution in [2.75, 3.05) is 6.61 Å². The standard InChI is InChI=1S/C12H18O9/c1-5(13)19-4-8-10(17)11(18)12(20-6(2)14)7(21-8)3-9(15)16/h7-8,10-12,17-18H,3-4H2,1-2H3,(H,15,16)/t7-,8-,10-,11+,12-/m1/s1. The van der Waals surface area contributed by atoms with Crippen LogP contribution in [0.25, 0.3) is 0 Å². The van der Waals surface area contributed by atoms with Crippen LogP contribution in [0.15, 0.2) is 0 Å². The van der Waals surface area contributed by atoms with Crippen molar-refractivity contribution in [3.8, 4) is 0 Å². The number of hydrogen-bond acceptors (Lipinski definition) is 8. The molecule has 0 saturated carbocycles. The first-order valence-electron chi connectivity index (χ1n) is 6.26. The molecule has 21 heavy (non-hydrogen) atoms. The Balaban J connectivity index is 2.84. The third-order valence-electron chi connectivity index (χ3n) is 2.91. The molecule has 120 valence electrons. The Bertz CT molecular complexity index is 406. The Kier molecular flexibility index (Phi) is 6.06. The number of hydrogen-bond donors (Lipinski definition) is 3. The zero-order valence-electron chi connectivity index (χ0n) is 11.6. The SMILES string of the molecule is CC(=O)OC[C@H]1O[C@H](CC(=O)O)[C@@H](OC(C)=O)[C@@H](O)[C@@H]1O. The number of carbonyl (C=O) groups excluding carboxylic acids is 2. The number of ether oxygens (including phenoxy) is 3. The highest BCUT2D eigenvalue weighted by atomic mass is 16.6. The van der Waals surface area contributed by atoms with E-state index in [0.29, 0.717) is 0 Å². The first-order valence-corrected chi connectivity index (χ1v) is 6.26. The molecule has 0 spiro atoms. The van der Waals surface area contributed by atoms with Crippen LogP contribution in [0.4, 0.5) is 0 Å². The lowest BCUT2D eigenvalue weighted by atomic mass is 9.93. The van der Waals surface area contributed by atoms with Crippen LogP contribution in [0.1, 0.15) is 20.3 Å². The molecule has 0 aromatic rings. The van der Waals surface area contributed by atoms with Crippen molar-refractivity contribution in [1.29, 1.82) is 0 Å². The maximum atomic E-state index is 11.0. The van der Waals surface area contributed by atoms with E-state index in [2.05, 4.69) is 4.74 Å². The van der Waals surface area contributed by atoms with Crippen LogP contribution in [0.5, 0.6) is 0 Å². The van der Waals surface area contributed by atoms with Gasteiger partial charge in [0.15, 0.2) is 6.10 Å². The minimum atomic E-state index is -1.55. The van der Waals surface area contributed by atoms with E-state index in [0.717, 1.165) is 13.8 Å². The van der Waals surface area contributed by atoms with Gasteiger partial charge in [0.2, 0.25) is 0 Å². The predicted molar refractivity (Wildman–Crippen MR) is 65.1 cm³/mol. The Hall–Kier alpha value is -1.71. The average molecular weight is 306 g/mol. The number of aliphatic hydroxyl groups excluding tert-OH is 2. The zero-order chi connectivity index (χ0) is 16.2. The molecule has 1 saturated heterocycles. The van der Waals surface area contributed by atoms with Gasteiger partial charge in [-0.25, -0.2) is 0 Å². The molecule has 0 radical (unpaired) electrons. The van der Waals surface area contributed by atoms with Gasteiger partial charge in [-0.2, -0.15) is 0 Å². The highest BCUT2D eigenvalue weighted by Gasteiger charge is 2.47. The average Bonchev–Trinajstić information content (AvgIpc) is 2.35. The molecular weight excluding hydrogens is 288 g/mol. The third kappa shape index (κ3) is 4.96. The second-order valence-corrected chi connectivity index (χ2v) is 4.67. The zero-order valence-corrected chi connectivity index (χ0v) is 11.6. The number of esters is 2. The van der Waals surface area contributed by atoms with E-state index in [4.69, 9.17) is 14.6 Å². The van der Waals surface area contributed by atoms with Gasteiger partial charge in [0.25, 0.3) is 0 Å². The lowest BCUT2D eigenvalue weighted by Gasteiger charge is -2.41. The number of carbonyl (C=O) groups is 3. The fourth-order valence-corrected chi connectivity index (χ4v) is 2.03. The summed E-state index contributed by atoms with van der Waals surface area (Å²) in [4.78, 5) is 32.6. The summed E-state index contributed by atoms with van der Waals surface area (Å²) in [5, 5.41) is 28.7. The smallest absolute Gasteiger partial charge is 0.306 e. The van der Waals surface area contributed by atoms with Crippen molar-refractivity contribution >= 4 is 17.9 Å². The van der Waals surface area contributed by atoms with Crippen molar-refractivity contribution in [2.24, 2.45) is 0 Å². The fraction of sp³-hybridized carbons (Fsp3) is 0.750. The van der Waals surface area contributed by atoms with Crippen LogP contribution >= 0.6 is 0 Å². The van der Waals surface area contributed by atoms with Crippen LogP contribution in [0, 0.1) is 0 Å². The molecule has 1 heterocycles. The molecule has 0 aromatic heterocycles. The minimum absolute atomic E-state index is 0.351. The predicted octanol–water partition coefficient (Wildman–Crippen LogP) is -1.55. The van der Waals surface area contributed by atoms with E-state index in [1.807, 2.05) is 0 Å². The van der Waals surface area contributed by atoms with Crippen LogP contribution in [0.2, 0.25) is 0 Å². The van der Waals surface area contributed by atoms with Gasteiger partial charge in [0.1, 0.15) is 31.0 Å². The van der Waals surface area contributed by atoms with Crippen LogP contribution < -0.4 is 0 Å². The highest BCUT2D eigenvalue weighted by Crippen LogP contribution is 2.26. The summed E-state index contributed by atoms with van der Waals surface area (Å²) in [6.45, 7) is 1.89.